The molecule has 1 aliphatic heterocycles. The van der Waals surface area contributed by atoms with Crippen LogP contribution < -0.4 is 15.8 Å². The molecule has 21 heavy (non-hydrogen) atoms. The lowest BCUT2D eigenvalue weighted by Crippen LogP contribution is -2.35. The van der Waals surface area contributed by atoms with Crippen LogP contribution >= 0.6 is 0 Å². The van der Waals surface area contributed by atoms with Gasteiger partial charge in [-0.15, -0.1) is 0 Å². The van der Waals surface area contributed by atoms with E-state index in [9.17, 15) is 8.42 Å². The van der Waals surface area contributed by atoms with Gasteiger partial charge in [0.1, 0.15) is 11.4 Å². The molecule has 3 N–H and O–H groups in total. The van der Waals surface area contributed by atoms with E-state index in [4.69, 9.17) is 10.5 Å². The molecule has 0 radical (unpaired) electrons. The summed E-state index contributed by atoms with van der Waals surface area (Å²) in [6, 6.07) is 3.35. The monoisotopic (exact) mass is 313 g/mol. The fourth-order valence-electron chi connectivity index (χ4n) is 2.25. The highest BCUT2D eigenvalue weighted by molar-refractivity contribution is 7.91. The second kappa shape index (κ2) is 5.71. The summed E-state index contributed by atoms with van der Waals surface area (Å²) >= 11 is 0. The smallest absolute Gasteiger partial charge is 0.239 e. The van der Waals surface area contributed by atoms with Crippen molar-refractivity contribution in [2.45, 2.75) is 45.3 Å². The highest BCUT2D eigenvalue weighted by Gasteiger charge is 2.25. The number of nitrogens with two attached hydrogens (primary N) is 1. The van der Waals surface area contributed by atoms with Crippen LogP contribution in [-0.2, 0) is 9.84 Å². The zero-order valence-electron chi connectivity index (χ0n) is 12.7. The zero-order chi connectivity index (χ0) is 15.7. The molecule has 1 aliphatic rings. The topological polar surface area (TPSA) is 94.3 Å². The van der Waals surface area contributed by atoms with Crippen molar-refractivity contribution >= 4 is 21.3 Å². The first kappa shape index (κ1) is 15.9. The molecule has 0 aliphatic carbocycles. The van der Waals surface area contributed by atoms with Gasteiger partial charge in [-0.25, -0.2) is 8.42 Å². The average Bonchev–Trinajstić information content (AvgIpc) is 2.30. The van der Waals surface area contributed by atoms with Gasteiger partial charge in [-0.05, 0) is 45.7 Å². The van der Waals surface area contributed by atoms with Gasteiger partial charge in [0.2, 0.25) is 5.88 Å². The number of nitrogens with one attached hydrogen (secondary N) is 1. The number of aromatic nitrogens is 1. The first-order chi connectivity index (χ1) is 9.65. The van der Waals surface area contributed by atoms with Crippen LogP contribution in [-0.4, -0.2) is 36.6 Å². The van der Waals surface area contributed by atoms with Crippen molar-refractivity contribution in [2.24, 2.45) is 0 Å². The molecule has 0 spiro atoms. The van der Waals surface area contributed by atoms with E-state index in [1.165, 1.54) is 0 Å². The molecule has 0 bridgehead atoms. The molecule has 1 saturated heterocycles. The number of rotatable bonds is 3. The van der Waals surface area contributed by atoms with Crippen LogP contribution in [0.3, 0.4) is 0 Å². The number of nitrogens with zero attached hydrogens (tertiary/aromatic N) is 1. The van der Waals surface area contributed by atoms with Crippen LogP contribution in [0.15, 0.2) is 12.1 Å². The van der Waals surface area contributed by atoms with Gasteiger partial charge >= 0.3 is 0 Å². The molecule has 1 unspecified atom stereocenters. The van der Waals surface area contributed by atoms with Gasteiger partial charge in [-0.3, -0.25) is 0 Å². The maximum absolute atomic E-state index is 11.7. The Kier molecular flexibility index (Phi) is 4.32. The molecule has 6 nitrogen and oxygen atoms in total. The van der Waals surface area contributed by atoms with E-state index in [0.717, 1.165) is 6.42 Å². The quantitative estimate of drug-likeness (QED) is 0.884. The predicted octanol–water partition coefficient (Wildman–Crippen LogP) is 1.83. The Morgan fingerprint density at radius 1 is 1.38 bits per heavy atom. The molecule has 0 amide bonds. The summed E-state index contributed by atoms with van der Waals surface area (Å²) in [7, 11) is -2.95. The Hall–Kier alpha value is -1.50. The Balaban J connectivity index is 2.12. The number of anilines is 2. The van der Waals surface area contributed by atoms with Crippen molar-refractivity contribution in [1.82, 2.24) is 4.98 Å². The molecule has 1 atom stereocenters. The molecule has 0 saturated carbocycles. The van der Waals surface area contributed by atoms with E-state index in [1.807, 2.05) is 20.8 Å². The minimum absolute atomic E-state index is 0.109. The van der Waals surface area contributed by atoms with Gasteiger partial charge in [0.15, 0.2) is 9.84 Å². The van der Waals surface area contributed by atoms with Crippen LogP contribution in [0, 0.1) is 0 Å². The molecule has 1 fully saturated rings. The molecule has 0 aromatic carbocycles. The maximum atomic E-state index is 11.7. The van der Waals surface area contributed by atoms with Crippen molar-refractivity contribution in [2.75, 3.05) is 22.6 Å². The fraction of sp³-hybridized carbons (Fsp3) is 0.643. The normalized spacial score (nSPS) is 21.8. The van der Waals surface area contributed by atoms with Crippen LogP contribution in [0.1, 0.15) is 33.6 Å². The molecule has 7 heteroatoms. The van der Waals surface area contributed by atoms with Gasteiger partial charge in [0, 0.05) is 6.04 Å². The maximum Gasteiger partial charge on any atom is 0.239 e. The van der Waals surface area contributed by atoms with E-state index >= 15 is 0 Å². The summed E-state index contributed by atoms with van der Waals surface area (Å²) in [5.41, 5.74) is 5.93. The summed E-state index contributed by atoms with van der Waals surface area (Å²) in [6.45, 7) is 5.76. The van der Waals surface area contributed by atoms with E-state index in [2.05, 4.69) is 10.3 Å². The summed E-state index contributed by atoms with van der Waals surface area (Å²) in [5.74, 6) is 1.38. The molecule has 1 aromatic heterocycles. The van der Waals surface area contributed by atoms with Crippen LogP contribution in [0.25, 0.3) is 0 Å². The highest BCUT2D eigenvalue weighted by Crippen LogP contribution is 2.26. The second-order valence-electron chi connectivity index (χ2n) is 6.40. The van der Waals surface area contributed by atoms with Crippen molar-refractivity contribution in [1.29, 1.82) is 0 Å². The lowest BCUT2D eigenvalue weighted by atomic mass is 10.2. The minimum Gasteiger partial charge on any atom is -0.470 e. The van der Waals surface area contributed by atoms with E-state index in [1.54, 1.807) is 12.1 Å². The second-order valence-corrected chi connectivity index (χ2v) is 8.63. The van der Waals surface area contributed by atoms with Gasteiger partial charge in [-0.1, -0.05) is 0 Å². The van der Waals surface area contributed by atoms with E-state index in [-0.39, 0.29) is 17.5 Å². The largest absolute Gasteiger partial charge is 0.470 e. The van der Waals surface area contributed by atoms with Gasteiger partial charge in [0.05, 0.1) is 17.2 Å². The van der Waals surface area contributed by atoms with Gasteiger partial charge in [-0.2, -0.15) is 4.98 Å². The standard InChI is InChI=1S/C14H23N3O3S/c1-14(2,3)20-13-11(15)6-7-12(17-13)16-10-5-4-8-21(18,19)9-10/h6-7,10H,4-5,8-9,15H2,1-3H3,(H,16,17). The Bertz CT molecular complexity index is 608. The SMILES string of the molecule is CC(C)(C)Oc1nc(NC2CCCS(=O)(=O)C2)ccc1N. The molecule has 2 heterocycles. The number of hydrogen-bond donors (Lipinski definition) is 2. The van der Waals surface area contributed by atoms with Crippen molar-refractivity contribution in [3.63, 3.8) is 0 Å². The zero-order valence-corrected chi connectivity index (χ0v) is 13.5. The first-order valence-corrected chi connectivity index (χ1v) is 8.89. The fourth-order valence-corrected chi connectivity index (χ4v) is 3.89. The molecular weight excluding hydrogens is 290 g/mol. The number of pyridine rings is 1. The molecule has 2 rings (SSSR count). The lowest BCUT2D eigenvalue weighted by molar-refractivity contribution is 0.125. The number of sulfone groups is 1. The molecular formula is C14H23N3O3S. The average molecular weight is 313 g/mol. The van der Waals surface area contributed by atoms with Gasteiger partial charge in [0.25, 0.3) is 0 Å². The van der Waals surface area contributed by atoms with E-state index < -0.39 is 15.4 Å². The minimum atomic E-state index is -2.95. The Labute approximate surface area is 126 Å². The van der Waals surface area contributed by atoms with Crippen molar-refractivity contribution < 1.29 is 13.2 Å². The van der Waals surface area contributed by atoms with Crippen LogP contribution in [0.5, 0.6) is 5.88 Å². The van der Waals surface area contributed by atoms with Crippen molar-refractivity contribution in [3.8, 4) is 5.88 Å². The summed E-state index contributed by atoms with van der Waals surface area (Å²) in [5, 5.41) is 3.16. The summed E-state index contributed by atoms with van der Waals surface area (Å²) in [6.07, 6.45) is 1.50. The predicted molar refractivity (Wildman–Crippen MR) is 84.3 cm³/mol. The molecule has 1 aromatic rings. The highest BCUT2D eigenvalue weighted by atomic mass is 32.2. The van der Waals surface area contributed by atoms with Crippen LogP contribution in [0.4, 0.5) is 11.5 Å². The Morgan fingerprint density at radius 3 is 2.71 bits per heavy atom. The number of nitrogen functional groups attached to an aromatic ring is 1. The summed E-state index contributed by atoms with van der Waals surface area (Å²) < 4.78 is 29.0. The van der Waals surface area contributed by atoms with Gasteiger partial charge < -0.3 is 15.8 Å². The lowest BCUT2D eigenvalue weighted by Gasteiger charge is -2.25. The first-order valence-electron chi connectivity index (χ1n) is 7.07. The van der Waals surface area contributed by atoms with Crippen LogP contribution in [0.2, 0.25) is 0 Å². The molecule has 118 valence electrons. The third-order valence-electron chi connectivity index (χ3n) is 3.11. The third kappa shape index (κ3) is 4.77. The number of hydrogen-bond acceptors (Lipinski definition) is 6. The summed E-state index contributed by atoms with van der Waals surface area (Å²) in [4.78, 5) is 4.35. The van der Waals surface area contributed by atoms with E-state index in [0.29, 0.717) is 23.8 Å². The third-order valence-corrected chi connectivity index (χ3v) is 4.93. The number of ether oxygens (including phenoxy) is 1. The van der Waals surface area contributed by atoms with Crippen molar-refractivity contribution in [3.05, 3.63) is 12.1 Å². The Morgan fingerprint density at radius 2 is 2.10 bits per heavy atom.